The Bertz CT molecular complexity index is 746. The van der Waals surface area contributed by atoms with Gasteiger partial charge in [0.2, 0.25) is 5.91 Å². The molecule has 0 aromatic heterocycles. The monoisotopic (exact) mass is 353 g/mol. The van der Waals surface area contributed by atoms with Gasteiger partial charge in [-0.05, 0) is 60.2 Å². The van der Waals surface area contributed by atoms with Crippen LogP contribution in [0.15, 0.2) is 48.5 Å². The number of benzene rings is 2. The third-order valence-corrected chi connectivity index (χ3v) is 4.64. The van der Waals surface area contributed by atoms with Crippen molar-refractivity contribution in [3.8, 4) is 0 Å². The Morgan fingerprint density at radius 3 is 2.48 bits per heavy atom. The Hall–Kier alpha value is -2.40. The van der Waals surface area contributed by atoms with Crippen molar-refractivity contribution in [2.24, 2.45) is 0 Å². The van der Waals surface area contributed by atoms with Crippen molar-refractivity contribution in [3.63, 3.8) is 0 Å². The number of thiocarbonyl (C=S) groups is 1. The molecular formula is C20H23N3OS. The van der Waals surface area contributed by atoms with Crippen molar-refractivity contribution in [1.29, 1.82) is 0 Å². The van der Waals surface area contributed by atoms with Crippen molar-refractivity contribution in [1.82, 2.24) is 16.2 Å². The second-order valence-electron chi connectivity index (χ2n) is 6.33. The zero-order valence-electron chi connectivity index (χ0n) is 14.2. The summed E-state index contributed by atoms with van der Waals surface area (Å²) in [6.07, 6.45) is 5.14. The summed E-state index contributed by atoms with van der Waals surface area (Å²) in [4.78, 5) is 12.1. The Morgan fingerprint density at radius 1 is 0.920 bits per heavy atom. The fourth-order valence-corrected chi connectivity index (χ4v) is 3.20. The lowest BCUT2D eigenvalue weighted by molar-refractivity contribution is -0.121. The summed E-state index contributed by atoms with van der Waals surface area (Å²) < 4.78 is 0. The Morgan fingerprint density at radius 2 is 1.68 bits per heavy atom. The van der Waals surface area contributed by atoms with Crippen molar-refractivity contribution in [3.05, 3.63) is 70.8 Å². The normalized spacial score (nSPS) is 12.8. The SMILES string of the molecule is O=C(Cc1ccc2c(c1)CCCC2)NNC(=S)NCc1ccccc1. The third kappa shape index (κ3) is 5.29. The van der Waals surface area contributed by atoms with Crippen molar-refractivity contribution >= 4 is 23.2 Å². The second-order valence-corrected chi connectivity index (χ2v) is 6.74. The van der Waals surface area contributed by atoms with Gasteiger partial charge in [0.15, 0.2) is 5.11 Å². The van der Waals surface area contributed by atoms with E-state index >= 15 is 0 Å². The molecule has 3 rings (SSSR count). The highest BCUT2D eigenvalue weighted by Gasteiger charge is 2.11. The summed E-state index contributed by atoms with van der Waals surface area (Å²) in [5.74, 6) is -0.0976. The molecule has 0 aliphatic heterocycles. The smallest absolute Gasteiger partial charge is 0.242 e. The number of carbonyl (C=O) groups excluding carboxylic acids is 1. The predicted molar refractivity (Wildman–Crippen MR) is 104 cm³/mol. The molecule has 0 spiro atoms. The van der Waals surface area contributed by atoms with Gasteiger partial charge in [0, 0.05) is 6.54 Å². The van der Waals surface area contributed by atoms with Gasteiger partial charge in [0.05, 0.1) is 6.42 Å². The first-order valence-corrected chi connectivity index (χ1v) is 9.09. The standard InChI is InChI=1S/C20H23N3OS/c24-19(13-16-10-11-17-8-4-5-9-18(17)12-16)22-23-20(25)21-14-15-6-2-1-3-7-15/h1-3,6-7,10-12H,4-5,8-9,13-14H2,(H,22,24)(H2,21,23,25). The summed E-state index contributed by atoms with van der Waals surface area (Å²) in [5, 5.41) is 3.47. The van der Waals surface area contributed by atoms with Crippen LogP contribution in [-0.2, 0) is 30.6 Å². The minimum absolute atomic E-state index is 0.0976. The van der Waals surface area contributed by atoms with Crippen LogP contribution in [0.5, 0.6) is 0 Å². The van der Waals surface area contributed by atoms with E-state index in [-0.39, 0.29) is 5.91 Å². The highest BCUT2D eigenvalue weighted by molar-refractivity contribution is 7.80. The molecule has 4 nitrogen and oxygen atoms in total. The van der Waals surface area contributed by atoms with Gasteiger partial charge in [-0.3, -0.25) is 15.6 Å². The molecule has 0 saturated carbocycles. The van der Waals surface area contributed by atoms with Crippen molar-refractivity contribution < 1.29 is 4.79 Å². The maximum absolute atomic E-state index is 12.1. The van der Waals surface area contributed by atoms with E-state index in [9.17, 15) is 4.79 Å². The fourth-order valence-electron chi connectivity index (χ4n) is 3.08. The van der Waals surface area contributed by atoms with E-state index in [2.05, 4.69) is 34.4 Å². The lowest BCUT2D eigenvalue weighted by Crippen LogP contribution is -2.47. The van der Waals surface area contributed by atoms with Crippen LogP contribution in [-0.4, -0.2) is 11.0 Å². The quantitative estimate of drug-likeness (QED) is 0.584. The van der Waals surface area contributed by atoms with E-state index in [4.69, 9.17) is 12.2 Å². The molecule has 130 valence electrons. The zero-order valence-corrected chi connectivity index (χ0v) is 15.0. The maximum atomic E-state index is 12.1. The molecule has 1 aliphatic rings. The Kier molecular flexibility index (Phi) is 6.01. The van der Waals surface area contributed by atoms with Crippen LogP contribution in [0.3, 0.4) is 0 Å². The van der Waals surface area contributed by atoms with E-state index in [1.54, 1.807) is 0 Å². The average molecular weight is 353 g/mol. The zero-order chi connectivity index (χ0) is 17.5. The molecule has 25 heavy (non-hydrogen) atoms. The van der Waals surface area contributed by atoms with Gasteiger partial charge >= 0.3 is 0 Å². The number of hydrogen-bond donors (Lipinski definition) is 3. The van der Waals surface area contributed by atoms with Crippen LogP contribution in [0.4, 0.5) is 0 Å². The molecule has 2 aromatic carbocycles. The molecule has 1 aliphatic carbocycles. The van der Waals surface area contributed by atoms with Crippen molar-refractivity contribution in [2.45, 2.75) is 38.6 Å². The largest absolute Gasteiger partial charge is 0.357 e. The average Bonchev–Trinajstić information content (AvgIpc) is 2.65. The molecule has 5 heteroatoms. The minimum Gasteiger partial charge on any atom is -0.357 e. The molecule has 0 unspecified atom stereocenters. The molecule has 3 N–H and O–H groups in total. The van der Waals surface area contributed by atoms with E-state index in [0.29, 0.717) is 18.1 Å². The minimum atomic E-state index is -0.0976. The highest BCUT2D eigenvalue weighted by atomic mass is 32.1. The number of nitrogens with one attached hydrogen (secondary N) is 3. The maximum Gasteiger partial charge on any atom is 0.242 e. The first kappa shape index (κ1) is 17.4. The Balaban J connectivity index is 1.42. The second kappa shape index (κ2) is 8.62. The van der Waals surface area contributed by atoms with Gasteiger partial charge < -0.3 is 5.32 Å². The van der Waals surface area contributed by atoms with Gasteiger partial charge in [-0.15, -0.1) is 0 Å². The molecule has 0 fully saturated rings. The number of amides is 1. The highest BCUT2D eigenvalue weighted by Crippen LogP contribution is 2.22. The van der Waals surface area contributed by atoms with Crippen LogP contribution in [0.25, 0.3) is 0 Å². The molecule has 0 heterocycles. The van der Waals surface area contributed by atoms with Gasteiger partial charge in [0.1, 0.15) is 0 Å². The number of fused-ring (bicyclic) bond motifs is 1. The molecule has 0 radical (unpaired) electrons. The molecule has 1 amide bonds. The molecule has 0 atom stereocenters. The molecule has 2 aromatic rings. The summed E-state index contributed by atoms with van der Waals surface area (Å²) in [5.41, 5.74) is 10.4. The van der Waals surface area contributed by atoms with Gasteiger partial charge in [0.25, 0.3) is 0 Å². The van der Waals surface area contributed by atoms with Gasteiger partial charge in [-0.25, -0.2) is 0 Å². The first-order chi connectivity index (χ1) is 12.2. The lowest BCUT2D eigenvalue weighted by Gasteiger charge is -2.16. The van der Waals surface area contributed by atoms with Gasteiger partial charge in [-0.2, -0.15) is 0 Å². The molecule has 0 bridgehead atoms. The van der Waals surface area contributed by atoms with Crippen LogP contribution >= 0.6 is 12.2 Å². The van der Waals surface area contributed by atoms with Crippen molar-refractivity contribution in [2.75, 3.05) is 0 Å². The first-order valence-electron chi connectivity index (χ1n) is 8.68. The number of carbonyl (C=O) groups is 1. The van der Waals surface area contributed by atoms with E-state index in [1.165, 1.54) is 24.0 Å². The summed E-state index contributed by atoms with van der Waals surface area (Å²) in [6.45, 7) is 0.618. The summed E-state index contributed by atoms with van der Waals surface area (Å²) in [6, 6.07) is 16.4. The summed E-state index contributed by atoms with van der Waals surface area (Å²) in [7, 11) is 0. The lowest BCUT2D eigenvalue weighted by atomic mass is 9.90. The number of rotatable bonds is 4. The number of aryl methyl sites for hydroxylation is 2. The topological polar surface area (TPSA) is 53.2 Å². The van der Waals surface area contributed by atoms with Crippen LogP contribution in [0.2, 0.25) is 0 Å². The molecule has 0 saturated heterocycles. The van der Waals surface area contributed by atoms with Crippen LogP contribution in [0, 0.1) is 0 Å². The van der Waals surface area contributed by atoms with Gasteiger partial charge in [-0.1, -0.05) is 48.5 Å². The van der Waals surface area contributed by atoms with E-state index in [0.717, 1.165) is 24.0 Å². The predicted octanol–water partition coefficient (Wildman–Crippen LogP) is 2.80. The number of hydrazine groups is 1. The van der Waals surface area contributed by atoms with E-state index < -0.39 is 0 Å². The third-order valence-electron chi connectivity index (χ3n) is 4.39. The van der Waals surface area contributed by atoms with E-state index in [1.807, 2.05) is 30.3 Å². The van der Waals surface area contributed by atoms with Crippen LogP contribution in [0.1, 0.15) is 35.1 Å². The summed E-state index contributed by atoms with van der Waals surface area (Å²) >= 11 is 5.18. The van der Waals surface area contributed by atoms with Crippen LogP contribution < -0.4 is 16.2 Å². The fraction of sp³-hybridized carbons (Fsp3) is 0.300. The molecular weight excluding hydrogens is 330 g/mol. The number of hydrogen-bond acceptors (Lipinski definition) is 2. The Labute approximate surface area is 154 Å².